The van der Waals surface area contributed by atoms with Crippen molar-refractivity contribution in [2.45, 2.75) is 6.92 Å². The molecule has 0 radical (unpaired) electrons. The zero-order chi connectivity index (χ0) is 14.5. The molecule has 1 aromatic heterocycles. The summed E-state index contributed by atoms with van der Waals surface area (Å²) >= 11 is 0. The Balaban J connectivity index is 2.34. The second-order valence-electron chi connectivity index (χ2n) is 3.83. The molecule has 0 aliphatic carbocycles. The van der Waals surface area contributed by atoms with Gasteiger partial charge in [0.15, 0.2) is 5.82 Å². The zero-order valence-electron chi connectivity index (χ0n) is 11.5. The molecule has 0 saturated heterocycles. The molecular formula is C13H15N3O4. The molecule has 106 valence electrons. The molecule has 0 unspecified atom stereocenters. The summed E-state index contributed by atoms with van der Waals surface area (Å²) in [5.41, 5.74) is 0.674. The quantitative estimate of drug-likeness (QED) is 0.836. The first kappa shape index (κ1) is 13.9. The Bertz CT molecular complexity index is 587. The average Bonchev–Trinajstić information content (AvgIpc) is 2.97. The number of benzene rings is 1. The topological polar surface area (TPSA) is 86.3 Å². The molecule has 20 heavy (non-hydrogen) atoms. The number of aromatic amines is 1. The highest BCUT2D eigenvalue weighted by molar-refractivity contribution is 5.85. The molecule has 2 rings (SSSR count). The fourth-order valence-electron chi connectivity index (χ4n) is 1.62. The Kier molecular flexibility index (Phi) is 4.19. The van der Waals surface area contributed by atoms with Crippen LogP contribution in [0.3, 0.4) is 0 Å². The van der Waals surface area contributed by atoms with Crippen LogP contribution >= 0.6 is 0 Å². The second kappa shape index (κ2) is 6.05. The van der Waals surface area contributed by atoms with Crippen molar-refractivity contribution in [3.63, 3.8) is 0 Å². The predicted molar refractivity (Wildman–Crippen MR) is 70.9 cm³/mol. The van der Waals surface area contributed by atoms with Gasteiger partial charge >= 0.3 is 5.97 Å². The number of H-pyrrole nitrogens is 1. The Morgan fingerprint density at radius 3 is 2.40 bits per heavy atom. The van der Waals surface area contributed by atoms with Gasteiger partial charge in [-0.3, -0.25) is 5.10 Å². The third-order valence-electron chi connectivity index (χ3n) is 2.56. The largest absolute Gasteiger partial charge is 0.497 e. The molecule has 1 heterocycles. The van der Waals surface area contributed by atoms with Crippen LogP contribution in [0.1, 0.15) is 17.5 Å². The fourth-order valence-corrected chi connectivity index (χ4v) is 1.62. The summed E-state index contributed by atoms with van der Waals surface area (Å²) in [5.74, 6) is 1.11. The van der Waals surface area contributed by atoms with Gasteiger partial charge < -0.3 is 14.2 Å². The van der Waals surface area contributed by atoms with Crippen LogP contribution in [0, 0.1) is 0 Å². The number of rotatable bonds is 5. The van der Waals surface area contributed by atoms with Crippen LogP contribution in [0.4, 0.5) is 0 Å². The number of nitrogens with one attached hydrogen (secondary N) is 1. The summed E-state index contributed by atoms with van der Waals surface area (Å²) in [5, 5.41) is 6.54. The normalized spacial score (nSPS) is 10.2. The molecule has 0 bridgehead atoms. The van der Waals surface area contributed by atoms with Crippen molar-refractivity contribution in [2.75, 3.05) is 20.8 Å². The van der Waals surface area contributed by atoms with E-state index in [9.17, 15) is 4.79 Å². The van der Waals surface area contributed by atoms with Crippen molar-refractivity contribution in [1.29, 1.82) is 0 Å². The number of nitrogens with zero attached hydrogens (tertiary/aromatic N) is 2. The molecule has 2 aromatic rings. The van der Waals surface area contributed by atoms with Crippen LogP contribution < -0.4 is 9.47 Å². The molecule has 0 saturated carbocycles. The van der Waals surface area contributed by atoms with E-state index in [1.54, 1.807) is 39.3 Å². The van der Waals surface area contributed by atoms with Crippen LogP contribution in [0.15, 0.2) is 18.2 Å². The van der Waals surface area contributed by atoms with Gasteiger partial charge in [0.1, 0.15) is 11.5 Å². The van der Waals surface area contributed by atoms with E-state index in [0.717, 1.165) is 0 Å². The summed E-state index contributed by atoms with van der Waals surface area (Å²) < 4.78 is 15.2. The first-order chi connectivity index (χ1) is 9.67. The van der Waals surface area contributed by atoms with Crippen LogP contribution in [-0.4, -0.2) is 42.0 Å². The molecule has 7 heteroatoms. The lowest BCUT2D eigenvalue weighted by Gasteiger charge is -2.05. The number of carbonyl (C=O) groups excluding carboxylic acids is 1. The van der Waals surface area contributed by atoms with Crippen LogP contribution in [0.5, 0.6) is 11.5 Å². The SMILES string of the molecule is CCOC(=O)c1nc(-c2cc(OC)cc(OC)c2)n[nH]1. The number of ether oxygens (including phenoxy) is 3. The third kappa shape index (κ3) is 2.87. The first-order valence-electron chi connectivity index (χ1n) is 6.01. The number of methoxy groups -OCH3 is 2. The van der Waals surface area contributed by atoms with Gasteiger partial charge in [0.2, 0.25) is 5.82 Å². The lowest BCUT2D eigenvalue weighted by atomic mass is 10.2. The number of hydrogen-bond acceptors (Lipinski definition) is 6. The van der Waals surface area contributed by atoms with Gasteiger partial charge in [0, 0.05) is 11.6 Å². The predicted octanol–water partition coefficient (Wildman–Crippen LogP) is 1.67. The van der Waals surface area contributed by atoms with E-state index >= 15 is 0 Å². The van der Waals surface area contributed by atoms with Crippen molar-refractivity contribution in [2.24, 2.45) is 0 Å². The van der Waals surface area contributed by atoms with E-state index in [0.29, 0.717) is 22.9 Å². The molecule has 0 amide bonds. The fraction of sp³-hybridized carbons (Fsp3) is 0.308. The molecule has 1 N–H and O–H groups in total. The molecule has 0 aliphatic rings. The van der Waals surface area contributed by atoms with E-state index in [1.807, 2.05) is 0 Å². The Morgan fingerprint density at radius 1 is 1.20 bits per heavy atom. The van der Waals surface area contributed by atoms with Gasteiger partial charge in [-0.2, -0.15) is 5.10 Å². The van der Waals surface area contributed by atoms with E-state index in [2.05, 4.69) is 15.2 Å². The lowest BCUT2D eigenvalue weighted by molar-refractivity contribution is 0.0512. The summed E-state index contributed by atoms with van der Waals surface area (Å²) in [6.07, 6.45) is 0. The molecule has 0 spiro atoms. The maximum absolute atomic E-state index is 11.5. The number of hydrogen-bond donors (Lipinski definition) is 1. The van der Waals surface area contributed by atoms with Gasteiger partial charge in [0.25, 0.3) is 0 Å². The second-order valence-corrected chi connectivity index (χ2v) is 3.83. The van der Waals surface area contributed by atoms with Gasteiger partial charge in [-0.1, -0.05) is 0 Å². The van der Waals surface area contributed by atoms with Gasteiger partial charge in [-0.15, -0.1) is 0 Å². The van der Waals surface area contributed by atoms with E-state index < -0.39 is 5.97 Å². The lowest BCUT2D eigenvalue weighted by Crippen LogP contribution is -2.06. The highest BCUT2D eigenvalue weighted by Crippen LogP contribution is 2.27. The Morgan fingerprint density at radius 2 is 1.85 bits per heavy atom. The zero-order valence-corrected chi connectivity index (χ0v) is 11.5. The third-order valence-corrected chi connectivity index (χ3v) is 2.56. The number of aromatic nitrogens is 3. The molecular weight excluding hydrogens is 262 g/mol. The summed E-state index contributed by atoms with van der Waals surface area (Å²) in [7, 11) is 3.11. The van der Waals surface area contributed by atoms with E-state index in [4.69, 9.17) is 14.2 Å². The molecule has 0 atom stereocenters. The number of carbonyl (C=O) groups is 1. The van der Waals surface area contributed by atoms with Gasteiger partial charge in [-0.25, -0.2) is 9.78 Å². The average molecular weight is 277 g/mol. The van der Waals surface area contributed by atoms with E-state index in [-0.39, 0.29) is 12.4 Å². The maximum Gasteiger partial charge on any atom is 0.375 e. The monoisotopic (exact) mass is 277 g/mol. The summed E-state index contributed by atoms with van der Waals surface area (Å²) in [6.45, 7) is 2.00. The van der Waals surface area contributed by atoms with Crippen molar-refractivity contribution in [3.05, 3.63) is 24.0 Å². The molecule has 7 nitrogen and oxygen atoms in total. The first-order valence-corrected chi connectivity index (χ1v) is 6.01. The maximum atomic E-state index is 11.5. The van der Waals surface area contributed by atoms with Crippen LogP contribution in [-0.2, 0) is 4.74 Å². The highest BCUT2D eigenvalue weighted by atomic mass is 16.5. The van der Waals surface area contributed by atoms with Crippen molar-refractivity contribution in [1.82, 2.24) is 15.2 Å². The minimum Gasteiger partial charge on any atom is -0.497 e. The van der Waals surface area contributed by atoms with Gasteiger partial charge in [0.05, 0.1) is 20.8 Å². The van der Waals surface area contributed by atoms with Gasteiger partial charge in [-0.05, 0) is 19.1 Å². The van der Waals surface area contributed by atoms with Crippen molar-refractivity contribution < 1.29 is 19.0 Å². The Labute approximate surface area is 115 Å². The standard InChI is InChI=1S/C13H15N3O4/c1-4-20-13(17)12-14-11(15-16-12)8-5-9(18-2)7-10(6-8)19-3/h5-7H,4H2,1-3H3,(H,14,15,16). The summed E-state index contributed by atoms with van der Waals surface area (Å²) in [6, 6.07) is 5.24. The summed E-state index contributed by atoms with van der Waals surface area (Å²) in [4.78, 5) is 15.6. The smallest absolute Gasteiger partial charge is 0.375 e. The van der Waals surface area contributed by atoms with Crippen LogP contribution in [0.25, 0.3) is 11.4 Å². The molecule has 0 aliphatic heterocycles. The van der Waals surface area contributed by atoms with E-state index in [1.165, 1.54) is 0 Å². The minimum atomic E-state index is -0.541. The van der Waals surface area contributed by atoms with Crippen LogP contribution in [0.2, 0.25) is 0 Å². The number of esters is 1. The Hall–Kier alpha value is -2.57. The van der Waals surface area contributed by atoms with Crippen molar-refractivity contribution >= 4 is 5.97 Å². The highest BCUT2D eigenvalue weighted by Gasteiger charge is 2.15. The van der Waals surface area contributed by atoms with Crippen molar-refractivity contribution in [3.8, 4) is 22.9 Å². The molecule has 0 fully saturated rings. The molecule has 1 aromatic carbocycles. The minimum absolute atomic E-state index is 0.0589.